The number of allylic oxidation sites excluding steroid dienone is 1. The fraction of sp³-hybridized carbons (Fsp3) is 0.176. The standard InChI is InChI=1S/C17H18ClF3N6O/c1-10(15(25-9-23)27-11(2)24-5-3-4-22)26-16(28)12-6-13(17(19,20)21)8-14(18)7-12/h3-10H,2,22H2,1H3,(H,26,28)(H2,23,25,27)/b4-3-,24-5-. The van der Waals surface area contributed by atoms with E-state index in [1.54, 1.807) is 0 Å². The van der Waals surface area contributed by atoms with Gasteiger partial charge >= 0.3 is 6.18 Å². The van der Waals surface area contributed by atoms with Crippen LogP contribution in [0.4, 0.5) is 13.2 Å². The zero-order valence-electron chi connectivity index (χ0n) is 14.7. The number of aliphatic imine (C=N–C) groups is 2. The molecule has 0 spiro atoms. The number of alkyl halides is 3. The van der Waals surface area contributed by atoms with Crippen molar-refractivity contribution in [3.05, 3.63) is 59.0 Å². The normalized spacial score (nSPS) is 13.5. The van der Waals surface area contributed by atoms with Crippen molar-refractivity contribution in [3.8, 4) is 0 Å². The van der Waals surface area contributed by atoms with Gasteiger partial charge in [-0.3, -0.25) is 10.2 Å². The van der Waals surface area contributed by atoms with E-state index >= 15 is 0 Å². The van der Waals surface area contributed by atoms with E-state index in [-0.39, 0.29) is 22.2 Å². The van der Waals surface area contributed by atoms with Gasteiger partial charge in [0.05, 0.1) is 11.6 Å². The molecule has 1 rings (SSSR count). The summed E-state index contributed by atoms with van der Waals surface area (Å²) in [6, 6.07) is 1.72. The van der Waals surface area contributed by atoms with Gasteiger partial charge in [-0.1, -0.05) is 18.2 Å². The first-order chi connectivity index (χ1) is 13.1. The summed E-state index contributed by atoms with van der Waals surface area (Å²) in [6.45, 7) is 5.14. The zero-order valence-corrected chi connectivity index (χ0v) is 15.5. The van der Waals surface area contributed by atoms with Crippen LogP contribution in [0.1, 0.15) is 22.8 Å². The van der Waals surface area contributed by atoms with Crippen LogP contribution in [0.2, 0.25) is 5.02 Å². The molecule has 0 saturated heterocycles. The average molecular weight is 415 g/mol. The molecule has 0 saturated carbocycles. The van der Waals surface area contributed by atoms with Crippen molar-refractivity contribution < 1.29 is 18.0 Å². The van der Waals surface area contributed by atoms with Crippen LogP contribution in [0.5, 0.6) is 0 Å². The quantitative estimate of drug-likeness (QED) is 0.406. The third kappa shape index (κ3) is 7.23. The second-order valence-electron chi connectivity index (χ2n) is 5.30. The Balaban J connectivity index is 2.97. The number of hydrogen-bond acceptors (Lipinski definition) is 4. The predicted octanol–water partition coefficient (Wildman–Crippen LogP) is 3.09. The lowest BCUT2D eigenvalue weighted by Gasteiger charge is -2.18. The first-order valence-electron chi connectivity index (χ1n) is 7.70. The summed E-state index contributed by atoms with van der Waals surface area (Å²) >= 11 is 5.69. The van der Waals surface area contributed by atoms with E-state index in [4.69, 9.17) is 22.7 Å². The Morgan fingerprint density at radius 3 is 2.64 bits per heavy atom. The molecular weight excluding hydrogens is 397 g/mol. The first-order valence-corrected chi connectivity index (χ1v) is 8.08. The first kappa shape index (κ1) is 22.9. The van der Waals surface area contributed by atoms with Crippen LogP contribution in [-0.2, 0) is 6.18 Å². The van der Waals surface area contributed by atoms with E-state index in [1.165, 1.54) is 25.4 Å². The van der Waals surface area contributed by atoms with Gasteiger partial charge in [-0.25, -0.2) is 9.98 Å². The number of carbonyl (C=O) groups excluding carboxylic acids is 1. The molecule has 0 aliphatic heterocycles. The van der Waals surface area contributed by atoms with Gasteiger partial charge in [0.1, 0.15) is 18.0 Å². The highest BCUT2D eigenvalue weighted by Crippen LogP contribution is 2.31. The van der Waals surface area contributed by atoms with Crippen LogP contribution in [0.15, 0.2) is 52.9 Å². The minimum Gasteiger partial charge on any atom is -0.405 e. The Morgan fingerprint density at radius 2 is 2.07 bits per heavy atom. The number of hydrogen-bond donors (Lipinski definition) is 4. The van der Waals surface area contributed by atoms with Crippen molar-refractivity contribution in [2.45, 2.75) is 19.1 Å². The molecule has 150 valence electrons. The number of nitrogens with one attached hydrogen (secondary N) is 3. The monoisotopic (exact) mass is 414 g/mol. The predicted molar refractivity (Wildman–Crippen MR) is 104 cm³/mol. The smallest absolute Gasteiger partial charge is 0.405 e. The molecule has 1 aromatic carbocycles. The molecule has 1 unspecified atom stereocenters. The Hall–Kier alpha value is -3.14. The van der Waals surface area contributed by atoms with Crippen LogP contribution >= 0.6 is 11.6 Å². The molecule has 1 aromatic rings. The molecule has 11 heteroatoms. The molecule has 28 heavy (non-hydrogen) atoms. The van der Waals surface area contributed by atoms with E-state index in [2.05, 4.69) is 27.2 Å². The van der Waals surface area contributed by atoms with E-state index < -0.39 is 23.7 Å². The highest BCUT2D eigenvalue weighted by Gasteiger charge is 2.32. The van der Waals surface area contributed by atoms with Crippen molar-refractivity contribution >= 4 is 35.9 Å². The highest BCUT2D eigenvalue weighted by atomic mass is 35.5. The molecule has 5 N–H and O–H groups in total. The second kappa shape index (κ2) is 10.3. The van der Waals surface area contributed by atoms with Crippen LogP contribution in [0, 0.1) is 5.41 Å². The minimum atomic E-state index is -4.65. The summed E-state index contributed by atoms with van der Waals surface area (Å²) in [6.07, 6.45) is 0.136. The van der Waals surface area contributed by atoms with Crippen LogP contribution in [0.25, 0.3) is 0 Å². The van der Waals surface area contributed by atoms with Gasteiger partial charge in [0.15, 0.2) is 0 Å². The van der Waals surface area contributed by atoms with E-state index in [0.29, 0.717) is 6.07 Å². The lowest BCUT2D eigenvalue weighted by Crippen LogP contribution is -2.44. The van der Waals surface area contributed by atoms with Gasteiger partial charge in [0.2, 0.25) is 0 Å². The largest absolute Gasteiger partial charge is 0.416 e. The summed E-state index contributed by atoms with van der Waals surface area (Å²) in [5.41, 5.74) is 3.85. The minimum absolute atomic E-state index is 0.0975. The Kier molecular flexibility index (Phi) is 8.39. The second-order valence-corrected chi connectivity index (χ2v) is 5.74. The number of nitrogens with zero attached hydrogens (tertiary/aromatic N) is 2. The lowest BCUT2D eigenvalue weighted by molar-refractivity contribution is -0.137. The number of rotatable bonds is 7. The Labute approximate surface area is 164 Å². The number of amidine groups is 1. The molecule has 0 aliphatic carbocycles. The Morgan fingerprint density at radius 1 is 1.39 bits per heavy atom. The van der Waals surface area contributed by atoms with Gasteiger partial charge in [-0.2, -0.15) is 13.2 Å². The van der Waals surface area contributed by atoms with Crippen molar-refractivity contribution in [2.24, 2.45) is 15.7 Å². The number of amides is 1. The molecule has 0 aliphatic rings. The van der Waals surface area contributed by atoms with Gasteiger partial charge < -0.3 is 16.4 Å². The average Bonchev–Trinajstić information content (AvgIpc) is 2.60. The van der Waals surface area contributed by atoms with Crippen molar-refractivity contribution in [1.82, 2.24) is 10.6 Å². The van der Waals surface area contributed by atoms with Gasteiger partial charge in [0, 0.05) is 16.8 Å². The summed E-state index contributed by atoms with van der Waals surface area (Å²) in [5, 5.41) is 12.0. The summed E-state index contributed by atoms with van der Waals surface area (Å²) in [5.74, 6) is -0.567. The number of benzene rings is 1. The maximum atomic E-state index is 12.9. The van der Waals surface area contributed by atoms with E-state index in [1.807, 2.05) is 0 Å². The molecule has 0 fully saturated rings. The third-order valence-corrected chi connectivity index (χ3v) is 3.37. The maximum absolute atomic E-state index is 12.9. The number of halogens is 4. The van der Waals surface area contributed by atoms with Gasteiger partial charge in [0.25, 0.3) is 5.91 Å². The summed E-state index contributed by atoms with van der Waals surface area (Å²) in [4.78, 5) is 20.0. The van der Waals surface area contributed by atoms with E-state index in [0.717, 1.165) is 18.5 Å². The maximum Gasteiger partial charge on any atom is 0.416 e. The van der Waals surface area contributed by atoms with Crippen LogP contribution in [0.3, 0.4) is 0 Å². The zero-order chi connectivity index (χ0) is 21.3. The van der Waals surface area contributed by atoms with Crippen LogP contribution < -0.4 is 16.4 Å². The fourth-order valence-electron chi connectivity index (χ4n) is 1.92. The Bertz CT molecular complexity index is 833. The van der Waals surface area contributed by atoms with Crippen LogP contribution in [-0.4, -0.2) is 30.3 Å². The summed E-state index contributed by atoms with van der Waals surface area (Å²) in [7, 11) is 0. The number of carbonyl (C=O) groups is 1. The molecule has 0 bridgehead atoms. The molecule has 1 atom stereocenters. The summed E-state index contributed by atoms with van der Waals surface area (Å²) < 4.78 is 38.7. The molecule has 0 heterocycles. The van der Waals surface area contributed by atoms with Gasteiger partial charge in [-0.15, -0.1) is 0 Å². The topological polar surface area (TPSA) is 116 Å². The molecular formula is C17H18ClF3N6O. The number of nitrogens with two attached hydrogens (primary N) is 1. The third-order valence-electron chi connectivity index (χ3n) is 3.15. The molecule has 7 nitrogen and oxygen atoms in total. The van der Waals surface area contributed by atoms with E-state index in [9.17, 15) is 18.0 Å². The molecule has 0 radical (unpaired) electrons. The van der Waals surface area contributed by atoms with Crippen molar-refractivity contribution in [1.29, 1.82) is 5.41 Å². The van der Waals surface area contributed by atoms with Crippen molar-refractivity contribution in [3.63, 3.8) is 0 Å². The molecule has 1 amide bonds. The molecule has 0 aromatic heterocycles. The fourth-order valence-corrected chi connectivity index (χ4v) is 2.15. The van der Waals surface area contributed by atoms with Crippen molar-refractivity contribution in [2.75, 3.05) is 0 Å². The highest BCUT2D eigenvalue weighted by molar-refractivity contribution is 6.31. The SMILES string of the molecule is C=C(/N=C\C=C/N)N/C(=N\C=N)C(C)NC(=O)c1cc(Cl)cc(C(F)(F)F)c1. The van der Waals surface area contributed by atoms with Gasteiger partial charge in [-0.05, 0) is 37.4 Å². The lowest BCUT2D eigenvalue weighted by atomic mass is 10.1.